The fraction of sp³-hybridized carbons (Fsp3) is 0.100. The van der Waals surface area contributed by atoms with Gasteiger partial charge in [-0.15, -0.1) is 11.3 Å². The molecule has 0 bridgehead atoms. The summed E-state index contributed by atoms with van der Waals surface area (Å²) in [6.07, 6.45) is 0.687. The lowest BCUT2D eigenvalue weighted by Gasteiger charge is -1.88. The summed E-state index contributed by atoms with van der Waals surface area (Å²) in [4.78, 5) is 8.67. The Morgan fingerprint density at radius 2 is 2.06 bits per heavy atom. The summed E-state index contributed by atoms with van der Waals surface area (Å²) < 4.78 is 1.68. The van der Waals surface area contributed by atoms with Gasteiger partial charge in [-0.1, -0.05) is 12.1 Å². The fourth-order valence-corrected chi connectivity index (χ4v) is 2.66. The van der Waals surface area contributed by atoms with Gasteiger partial charge in [0.05, 0.1) is 16.6 Å². The molecule has 3 rings (SSSR count). The first kappa shape index (κ1) is 9.68. The number of hydrogen-bond donors (Lipinski definition) is 2. The molecule has 0 fully saturated rings. The predicted octanol–water partition coefficient (Wildman–Crippen LogP) is 2.67. The predicted molar refractivity (Wildman–Crippen MR) is 66.2 cm³/mol. The van der Waals surface area contributed by atoms with Gasteiger partial charge in [-0.25, -0.2) is 9.97 Å². The topological polar surface area (TPSA) is 57.4 Å². The summed E-state index contributed by atoms with van der Waals surface area (Å²) in [7, 11) is 0. The minimum absolute atomic E-state index is 0.483. The van der Waals surface area contributed by atoms with Gasteiger partial charge in [0.1, 0.15) is 10.8 Å². The van der Waals surface area contributed by atoms with Crippen molar-refractivity contribution >= 4 is 33.8 Å². The number of fused-ring (bicyclic) bond motifs is 1. The van der Waals surface area contributed by atoms with E-state index in [-0.39, 0.29) is 0 Å². The van der Waals surface area contributed by atoms with E-state index in [4.69, 9.17) is 12.2 Å². The van der Waals surface area contributed by atoms with Crippen LogP contribution in [0.25, 0.3) is 10.2 Å². The molecule has 0 aliphatic heterocycles. The van der Waals surface area contributed by atoms with E-state index in [0.717, 1.165) is 16.3 Å². The molecular weight excluding hydrogens is 240 g/mol. The van der Waals surface area contributed by atoms with Crippen LogP contribution in [0.4, 0.5) is 0 Å². The SMILES string of the molecule is S=c1nc(Cc2nc3ccccc3s2)[nH][nH]1. The van der Waals surface area contributed by atoms with Gasteiger partial charge in [-0.3, -0.25) is 10.2 Å². The first-order valence-corrected chi connectivity index (χ1v) is 6.02. The molecule has 80 valence electrons. The van der Waals surface area contributed by atoms with Gasteiger partial charge in [-0.2, -0.15) is 0 Å². The molecule has 0 radical (unpaired) electrons. The summed E-state index contributed by atoms with van der Waals surface area (Å²) in [5.74, 6) is 0.823. The van der Waals surface area contributed by atoms with Crippen LogP contribution in [0.3, 0.4) is 0 Å². The van der Waals surface area contributed by atoms with Crippen LogP contribution >= 0.6 is 23.6 Å². The normalized spacial score (nSPS) is 11.0. The Morgan fingerprint density at radius 1 is 1.19 bits per heavy atom. The molecule has 1 aromatic carbocycles. The third-order valence-corrected chi connectivity index (χ3v) is 3.44. The molecule has 2 N–H and O–H groups in total. The standard InChI is InChI=1S/C10H8N4S2/c15-10-12-8(13-14-10)5-9-11-6-3-1-2-4-7(6)16-9/h1-4H,5H2,(H2,12,13,14,15). The first-order chi connectivity index (χ1) is 7.81. The van der Waals surface area contributed by atoms with Gasteiger partial charge in [0, 0.05) is 0 Å². The Bertz CT molecular complexity index is 646. The Morgan fingerprint density at radius 3 is 2.81 bits per heavy atom. The quantitative estimate of drug-likeness (QED) is 0.685. The van der Waals surface area contributed by atoms with Crippen molar-refractivity contribution in [3.8, 4) is 0 Å². The number of aromatic nitrogens is 4. The summed E-state index contributed by atoms with van der Waals surface area (Å²) in [5, 5.41) is 6.74. The maximum absolute atomic E-state index is 4.90. The Hall–Kier alpha value is -1.53. The summed E-state index contributed by atoms with van der Waals surface area (Å²) >= 11 is 6.58. The van der Waals surface area contributed by atoms with Gasteiger partial charge in [0.25, 0.3) is 0 Å². The second-order valence-corrected chi connectivity index (χ2v) is 4.87. The van der Waals surface area contributed by atoms with E-state index in [1.807, 2.05) is 18.2 Å². The fourth-order valence-electron chi connectivity index (χ4n) is 1.53. The molecule has 2 aromatic heterocycles. The number of aromatic amines is 2. The van der Waals surface area contributed by atoms with Crippen molar-refractivity contribution in [3.63, 3.8) is 0 Å². The van der Waals surface area contributed by atoms with Crippen LogP contribution in [0.15, 0.2) is 24.3 Å². The van der Waals surface area contributed by atoms with Crippen LogP contribution in [-0.4, -0.2) is 20.2 Å². The van der Waals surface area contributed by atoms with Crippen molar-refractivity contribution < 1.29 is 0 Å². The highest BCUT2D eigenvalue weighted by molar-refractivity contribution is 7.71. The number of para-hydroxylation sites is 1. The van der Waals surface area contributed by atoms with Crippen LogP contribution < -0.4 is 0 Å². The zero-order valence-electron chi connectivity index (χ0n) is 8.23. The number of thiazole rings is 1. The highest BCUT2D eigenvalue weighted by Gasteiger charge is 2.05. The molecule has 0 unspecified atom stereocenters. The first-order valence-electron chi connectivity index (χ1n) is 4.79. The average molecular weight is 248 g/mol. The van der Waals surface area contributed by atoms with Gasteiger partial charge < -0.3 is 0 Å². The van der Waals surface area contributed by atoms with Gasteiger partial charge in [0.2, 0.25) is 4.77 Å². The van der Waals surface area contributed by atoms with E-state index in [1.165, 1.54) is 4.70 Å². The van der Waals surface area contributed by atoms with Crippen molar-refractivity contribution in [2.75, 3.05) is 0 Å². The highest BCUT2D eigenvalue weighted by Crippen LogP contribution is 2.22. The van der Waals surface area contributed by atoms with E-state index in [2.05, 4.69) is 26.2 Å². The molecule has 6 heteroatoms. The molecule has 0 aliphatic carbocycles. The second-order valence-electron chi connectivity index (χ2n) is 3.37. The Labute approximate surface area is 100 Å². The van der Waals surface area contributed by atoms with Crippen molar-refractivity contribution in [2.24, 2.45) is 0 Å². The molecule has 4 nitrogen and oxygen atoms in total. The van der Waals surface area contributed by atoms with E-state index in [9.17, 15) is 0 Å². The number of rotatable bonds is 2. The number of nitrogens with one attached hydrogen (secondary N) is 2. The summed E-state index contributed by atoms with van der Waals surface area (Å²) in [6.45, 7) is 0. The van der Waals surface area contributed by atoms with Crippen LogP contribution in [0.2, 0.25) is 0 Å². The molecule has 0 amide bonds. The number of hydrogen-bond acceptors (Lipinski definition) is 4. The van der Waals surface area contributed by atoms with Crippen LogP contribution in [-0.2, 0) is 6.42 Å². The Kier molecular flexibility index (Phi) is 2.30. The van der Waals surface area contributed by atoms with E-state index < -0.39 is 0 Å². The average Bonchev–Trinajstić information content (AvgIpc) is 2.84. The molecule has 0 saturated carbocycles. The third-order valence-electron chi connectivity index (χ3n) is 2.21. The molecule has 16 heavy (non-hydrogen) atoms. The maximum Gasteiger partial charge on any atom is 0.213 e. The lowest BCUT2D eigenvalue weighted by atomic mass is 10.3. The van der Waals surface area contributed by atoms with Crippen molar-refractivity contribution in [3.05, 3.63) is 39.9 Å². The largest absolute Gasteiger partial charge is 0.285 e. The van der Waals surface area contributed by atoms with Crippen LogP contribution in [0.5, 0.6) is 0 Å². The van der Waals surface area contributed by atoms with Crippen molar-refractivity contribution in [1.29, 1.82) is 0 Å². The van der Waals surface area contributed by atoms with Crippen LogP contribution in [0, 0.1) is 4.77 Å². The highest BCUT2D eigenvalue weighted by atomic mass is 32.1. The molecule has 0 spiro atoms. The minimum atomic E-state index is 0.483. The zero-order valence-corrected chi connectivity index (χ0v) is 9.86. The maximum atomic E-state index is 4.90. The molecule has 0 saturated heterocycles. The molecule has 2 heterocycles. The summed E-state index contributed by atoms with van der Waals surface area (Å²) in [5.41, 5.74) is 1.04. The minimum Gasteiger partial charge on any atom is -0.285 e. The third kappa shape index (κ3) is 1.77. The molecule has 0 atom stereocenters. The number of H-pyrrole nitrogens is 2. The molecule has 0 aliphatic rings. The van der Waals surface area contributed by atoms with E-state index in [1.54, 1.807) is 11.3 Å². The van der Waals surface area contributed by atoms with Crippen LogP contribution in [0.1, 0.15) is 10.8 Å². The van der Waals surface area contributed by atoms with E-state index in [0.29, 0.717) is 11.2 Å². The Balaban J connectivity index is 1.97. The molecule has 3 aromatic rings. The number of nitrogens with zero attached hydrogens (tertiary/aromatic N) is 2. The monoisotopic (exact) mass is 248 g/mol. The lowest BCUT2D eigenvalue weighted by molar-refractivity contribution is 0.965. The lowest BCUT2D eigenvalue weighted by Crippen LogP contribution is -1.89. The molecular formula is C10H8N4S2. The second kappa shape index (κ2) is 3.80. The van der Waals surface area contributed by atoms with Gasteiger partial charge in [0.15, 0.2) is 0 Å². The van der Waals surface area contributed by atoms with Crippen molar-refractivity contribution in [2.45, 2.75) is 6.42 Å². The van der Waals surface area contributed by atoms with Gasteiger partial charge >= 0.3 is 0 Å². The number of benzene rings is 1. The van der Waals surface area contributed by atoms with Crippen molar-refractivity contribution in [1.82, 2.24) is 20.2 Å². The van der Waals surface area contributed by atoms with Gasteiger partial charge in [-0.05, 0) is 24.4 Å². The smallest absolute Gasteiger partial charge is 0.213 e. The summed E-state index contributed by atoms with van der Waals surface area (Å²) in [6, 6.07) is 8.10. The zero-order chi connectivity index (χ0) is 11.0. The van der Waals surface area contributed by atoms with E-state index >= 15 is 0 Å².